The molecule has 1 atom stereocenters. The van der Waals surface area contributed by atoms with E-state index in [2.05, 4.69) is 4.98 Å². The molecule has 5 heteroatoms. The smallest absolute Gasteiger partial charge is 0.311 e. The Morgan fingerprint density at radius 3 is 2.77 bits per heavy atom. The van der Waals surface area contributed by atoms with E-state index in [4.69, 9.17) is 0 Å². The molecule has 22 heavy (non-hydrogen) atoms. The number of aliphatic carboxylic acids is 1. The highest BCUT2D eigenvalue weighted by Gasteiger charge is 2.42. The van der Waals surface area contributed by atoms with Gasteiger partial charge < -0.3 is 15.0 Å². The number of carboxylic acids is 1. The number of likely N-dealkylation sites (tertiary alicyclic amines) is 1. The maximum absolute atomic E-state index is 12.5. The van der Waals surface area contributed by atoms with Crippen molar-refractivity contribution in [1.29, 1.82) is 0 Å². The van der Waals surface area contributed by atoms with E-state index in [1.807, 2.05) is 31.2 Å². The van der Waals surface area contributed by atoms with Crippen molar-refractivity contribution in [2.45, 2.75) is 26.7 Å². The second-order valence-electron chi connectivity index (χ2n) is 6.38. The molecule has 116 valence electrons. The normalized spacial score (nSPS) is 21.5. The van der Waals surface area contributed by atoms with Crippen LogP contribution in [0.25, 0.3) is 10.9 Å². The zero-order valence-electron chi connectivity index (χ0n) is 12.8. The van der Waals surface area contributed by atoms with E-state index in [9.17, 15) is 14.7 Å². The van der Waals surface area contributed by atoms with Gasteiger partial charge in [0.25, 0.3) is 0 Å². The number of carbonyl (C=O) groups is 2. The number of hydrogen-bond donors (Lipinski definition) is 2. The van der Waals surface area contributed by atoms with Crippen LogP contribution in [0.3, 0.4) is 0 Å². The highest BCUT2D eigenvalue weighted by atomic mass is 16.4. The van der Waals surface area contributed by atoms with Gasteiger partial charge in [0.2, 0.25) is 5.91 Å². The summed E-state index contributed by atoms with van der Waals surface area (Å²) in [6.07, 6.45) is 0.826. The Morgan fingerprint density at radius 1 is 1.36 bits per heavy atom. The molecule has 1 amide bonds. The van der Waals surface area contributed by atoms with Crippen molar-refractivity contribution in [2.75, 3.05) is 13.1 Å². The number of hydrogen-bond acceptors (Lipinski definition) is 2. The molecular formula is C17H20N2O3. The lowest BCUT2D eigenvalue weighted by Crippen LogP contribution is -2.35. The summed E-state index contributed by atoms with van der Waals surface area (Å²) in [7, 11) is 0. The van der Waals surface area contributed by atoms with Gasteiger partial charge in [0, 0.05) is 29.7 Å². The lowest BCUT2D eigenvalue weighted by atomic mass is 9.90. The van der Waals surface area contributed by atoms with Crippen LogP contribution in [-0.2, 0) is 16.0 Å². The first kappa shape index (κ1) is 14.6. The molecule has 2 N–H and O–H groups in total. The van der Waals surface area contributed by atoms with E-state index in [1.54, 1.807) is 11.8 Å². The van der Waals surface area contributed by atoms with Gasteiger partial charge >= 0.3 is 5.97 Å². The molecule has 0 bridgehead atoms. The largest absolute Gasteiger partial charge is 0.481 e. The summed E-state index contributed by atoms with van der Waals surface area (Å²) >= 11 is 0. The third-order valence-electron chi connectivity index (χ3n) is 4.70. The Bertz CT molecular complexity index is 749. The van der Waals surface area contributed by atoms with Crippen LogP contribution < -0.4 is 0 Å². The van der Waals surface area contributed by atoms with E-state index < -0.39 is 11.4 Å². The van der Waals surface area contributed by atoms with Gasteiger partial charge in [0.1, 0.15) is 0 Å². The van der Waals surface area contributed by atoms with E-state index in [-0.39, 0.29) is 5.91 Å². The number of rotatable bonds is 3. The fourth-order valence-electron chi connectivity index (χ4n) is 3.17. The quantitative estimate of drug-likeness (QED) is 0.913. The standard InChI is InChI=1S/C17H20N2O3/c1-11-13(12-5-3-4-6-14(12)18-11)9-15(20)19-8-7-17(2,10-19)16(21)22/h3-6,18H,7-10H2,1-2H3,(H,21,22)/t17-/m1/s1. The summed E-state index contributed by atoms with van der Waals surface area (Å²) < 4.78 is 0. The number of aromatic nitrogens is 1. The van der Waals surface area contributed by atoms with Gasteiger partial charge in [-0.15, -0.1) is 0 Å². The number of para-hydroxylation sites is 1. The van der Waals surface area contributed by atoms with Gasteiger partial charge in [-0.2, -0.15) is 0 Å². The monoisotopic (exact) mass is 300 g/mol. The summed E-state index contributed by atoms with van der Waals surface area (Å²) in [4.78, 5) is 28.8. The number of H-pyrrole nitrogens is 1. The average molecular weight is 300 g/mol. The minimum atomic E-state index is -0.828. The maximum atomic E-state index is 12.5. The van der Waals surface area contributed by atoms with Crippen molar-refractivity contribution in [3.8, 4) is 0 Å². The second kappa shape index (κ2) is 5.16. The minimum absolute atomic E-state index is 0.00201. The SMILES string of the molecule is Cc1[nH]c2ccccc2c1CC(=O)N1CC[C@@](C)(C(=O)O)C1. The first-order chi connectivity index (χ1) is 10.4. The highest BCUT2D eigenvalue weighted by Crippen LogP contribution is 2.31. The summed E-state index contributed by atoms with van der Waals surface area (Å²) in [6, 6.07) is 7.92. The van der Waals surface area contributed by atoms with Gasteiger partial charge in [-0.25, -0.2) is 0 Å². The zero-order chi connectivity index (χ0) is 15.9. The lowest BCUT2D eigenvalue weighted by Gasteiger charge is -2.20. The van der Waals surface area contributed by atoms with Crippen LogP contribution >= 0.6 is 0 Å². The number of aromatic amines is 1. The van der Waals surface area contributed by atoms with Crippen LogP contribution in [0.15, 0.2) is 24.3 Å². The predicted octanol–water partition coefficient (Wildman–Crippen LogP) is 2.34. The molecule has 0 unspecified atom stereocenters. The highest BCUT2D eigenvalue weighted by molar-refractivity contribution is 5.90. The average Bonchev–Trinajstić information content (AvgIpc) is 3.02. The van der Waals surface area contributed by atoms with Crippen LogP contribution in [0, 0.1) is 12.3 Å². The fourth-order valence-corrected chi connectivity index (χ4v) is 3.17. The molecule has 1 aromatic carbocycles. The van der Waals surface area contributed by atoms with E-state index in [0.29, 0.717) is 25.9 Å². The maximum Gasteiger partial charge on any atom is 0.311 e. The third kappa shape index (κ3) is 2.36. The van der Waals surface area contributed by atoms with Crippen molar-refractivity contribution < 1.29 is 14.7 Å². The Balaban J connectivity index is 1.80. The summed E-state index contributed by atoms with van der Waals surface area (Å²) in [6.45, 7) is 4.49. The van der Waals surface area contributed by atoms with Gasteiger partial charge in [-0.05, 0) is 31.9 Å². The van der Waals surface area contributed by atoms with Crippen molar-refractivity contribution in [1.82, 2.24) is 9.88 Å². The van der Waals surface area contributed by atoms with Crippen LogP contribution in [0.4, 0.5) is 0 Å². The van der Waals surface area contributed by atoms with Crippen molar-refractivity contribution >= 4 is 22.8 Å². The van der Waals surface area contributed by atoms with Crippen LogP contribution in [0.5, 0.6) is 0 Å². The van der Waals surface area contributed by atoms with Crippen LogP contribution in [0.1, 0.15) is 24.6 Å². The molecule has 1 aromatic heterocycles. The second-order valence-corrected chi connectivity index (χ2v) is 6.38. The fraction of sp³-hybridized carbons (Fsp3) is 0.412. The van der Waals surface area contributed by atoms with Gasteiger partial charge in [0.05, 0.1) is 11.8 Å². The molecule has 0 aliphatic carbocycles. The summed E-state index contributed by atoms with van der Waals surface area (Å²) in [5, 5.41) is 10.3. The molecule has 1 saturated heterocycles. The molecule has 2 aromatic rings. The number of aryl methyl sites for hydroxylation is 1. The molecule has 5 nitrogen and oxygen atoms in total. The molecule has 0 saturated carbocycles. The topological polar surface area (TPSA) is 73.4 Å². The molecular weight excluding hydrogens is 280 g/mol. The van der Waals surface area contributed by atoms with E-state index in [1.165, 1.54) is 0 Å². The number of nitrogens with zero attached hydrogens (tertiary/aromatic N) is 1. The number of amides is 1. The van der Waals surface area contributed by atoms with E-state index >= 15 is 0 Å². The first-order valence-electron chi connectivity index (χ1n) is 7.48. The van der Waals surface area contributed by atoms with Gasteiger partial charge in [-0.1, -0.05) is 18.2 Å². The number of benzene rings is 1. The minimum Gasteiger partial charge on any atom is -0.481 e. The summed E-state index contributed by atoms with van der Waals surface area (Å²) in [5.41, 5.74) is 2.21. The molecule has 1 aliphatic rings. The predicted molar refractivity (Wildman–Crippen MR) is 83.7 cm³/mol. The molecule has 3 rings (SSSR count). The molecule has 0 spiro atoms. The van der Waals surface area contributed by atoms with Crippen molar-refractivity contribution in [2.24, 2.45) is 5.41 Å². The number of nitrogens with one attached hydrogen (secondary N) is 1. The zero-order valence-corrected chi connectivity index (χ0v) is 12.8. The Kier molecular flexibility index (Phi) is 3.43. The van der Waals surface area contributed by atoms with Crippen LogP contribution in [-0.4, -0.2) is 40.0 Å². The summed E-state index contributed by atoms with van der Waals surface area (Å²) in [5.74, 6) is -0.830. The van der Waals surface area contributed by atoms with Crippen molar-refractivity contribution in [3.63, 3.8) is 0 Å². The Labute approximate surface area is 128 Å². The Morgan fingerprint density at radius 2 is 2.09 bits per heavy atom. The van der Waals surface area contributed by atoms with Gasteiger partial charge in [-0.3, -0.25) is 9.59 Å². The number of carbonyl (C=O) groups excluding carboxylic acids is 1. The first-order valence-corrected chi connectivity index (χ1v) is 7.48. The molecule has 2 heterocycles. The lowest BCUT2D eigenvalue weighted by molar-refractivity contribution is -0.147. The van der Waals surface area contributed by atoms with Gasteiger partial charge in [0.15, 0.2) is 0 Å². The van der Waals surface area contributed by atoms with Crippen molar-refractivity contribution in [3.05, 3.63) is 35.5 Å². The molecule has 0 radical (unpaired) electrons. The molecule has 1 aliphatic heterocycles. The Hall–Kier alpha value is -2.30. The number of fused-ring (bicyclic) bond motifs is 1. The van der Waals surface area contributed by atoms with Crippen LogP contribution in [0.2, 0.25) is 0 Å². The number of carboxylic acid groups (broad SMARTS) is 1. The van der Waals surface area contributed by atoms with E-state index in [0.717, 1.165) is 22.2 Å². The molecule has 1 fully saturated rings. The third-order valence-corrected chi connectivity index (χ3v) is 4.70.